The molecule has 0 radical (unpaired) electrons. The van der Waals surface area contributed by atoms with Gasteiger partial charge in [-0.15, -0.1) is 0 Å². The highest BCUT2D eigenvalue weighted by Crippen LogP contribution is 2.26. The van der Waals surface area contributed by atoms with Gasteiger partial charge in [0.1, 0.15) is 0 Å². The maximum atomic E-state index is 11.8. The molecule has 0 atom stereocenters. The molecule has 1 aromatic rings. The highest BCUT2D eigenvalue weighted by Gasteiger charge is 2.13. The number of carbonyl (C=O) groups is 1. The van der Waals surface area contributed by atoms with E-state index in [4.69, 9.17) is 0 Å². The molecule has 3 heteroatoms. The summed E-state index contributed by atoms with van der Waals surface area (Å²) in [6.45, 7) is 8.12. The van der Waals surface area contributed by atoms with Gasteiger partial charge < -0.3 is 10.2 Å². The second kappa shape index (κ2) is 6.09. The first-order valence-electron chi connectivity index (χ1n) is 7.24. The summed E-state index contributed by atoms with van der Waals surface area (Å²) in [5, 5.41) is 3.02. The van der Waals surface area contributed by atoms with Gasteiger partial charge in [-0.1, -0.05) is 19.9 Å². The van der Waals surface area contributed by atoms with Crippen LogP contribution >= 0.6 is 0 Å². The van der Waals surface area contributed by atoms with Crippen molar-refractivity contribution in [3.05, 3.63) is 23.8 Å². The second-order valence-corrected chi connectivity index (χ2v) is 5.69. The smallest absolute Gasteiger partial charge is 0.226 e. The second-order valence-electron chi connectivity index (χ2n) is 5.69. The third kappa shape index (κ3) is 3.49. The molecule has 19 heavy (non-hydrogen) atoms. The topological polar surface area (TPSA) is 32.3 Å². The Hall–Kier alpha value is -1.51. The number of amides is 1. The molecule has 2 rings (SSSR count). The van der Waals surface area contributed by atoms with Gasteiger partial charge in [0.25, 0.3) is 0 Å². The average molecular weight is 260 g/mol. The number of hydrogen-bond donors (Lipinski definition) is 1. The summed E-state index contributed by atoms with van der Waals surface area (Å²) in [6, 6.07) is 6.37. The first-order chi connectivity index (χ1) is 9.08. The van der Waals surface area contributed by atoms with Crippen molar-refractivity contribution in [2.24, 2.45) is 5.92 Å². The van der Waals surface area contributed by atoms with E-state index in [1.807, 2.05) is 20.8 Å². The Balaban J connectivity index is 2.16. The van der Waals surface area contributed by atoms with Crippen LogP contribution in [0.25, 0.3) is 0 Å². The maximum Gasteiger partial charge on any atom is 0.226 e. The fraction of sp³-hybridized carbons (Fsp3) is 0.562. The predicted molar refractivity (Wildman–Crippen MR) is 80.7 cm³/mol. The van der Waals surface area contributed by atoms with E-state index in [0.29, 0.717) is 0 Å². The van der Waals surface area contributed by atoms with Crippen LogP contribution in [0.15, 0.2) is 18.2 Å². The molecule has 1 heterocycles. The molecule has 1 saturated heterocycles. The SMILES string of the molecule is Cc1ccc(N2CCCCC2)cc1NC(=O)C(C)C. The van der Waals surface area contributed by atoms with Gasteiger partial charge in [0, 0.05) is 30.4 Å². The molecule has 0 aromatic heterocycles. The Kier molecular flexibility index (Phi) is 4.46. The summed E-state index contributed by atoms with van der Waals surface area (Å²) in [5.74, 6) is 0.0944. The predicted octanol–water partition coefficient (Wildman–Crippen LogP) is 3.58. The van der Waals surface area contributed by atoms with Gasteiger partial charge in [-0.05, 0) is 43.9 Å². The third-order valence-electron chi connectivity index (χ3n) is 3.72. The lowest BCUT2D eigenvalue weighted by Crippen LogP contribution is -2.29. The molecule has 1 aromatic carbocycles. The fourth-order valence-electron chi connectivity index (χ4n) is 2.37. The molecular weight excluding hydrogens is 236 g/mol. The van der Waals surface area contributed by atoms with Crippen LogP contribution in [0.1, 0.15) is 38.7 Å². The maximum absolute atomic E-state index is 11.8. The van der Waals surface area contributed by atoms with Crippen molar-refractivity contribution in [2.45, 2.75) is 40.0 Å². The van der Waals surface area contributed by atoms with Crippen LogP contribution in [-0.4, -0.2) is 19.0 Å². The van der Waals surface area contributed by atoms with E-state index in [1.165, 1.54) is 24.9 Å². The Morgan fingerprint density at radius 1 is 1.21 bits per heavy atom. The zero-order chi connectivity index (χ0) is 13.8. The minimum absolute atomic E-state index is 0.0121. The number of piperidine rings is 1. The Morgan fingerprint density at radius 2 is 1.89 bits per heavy atom. The van der Waals surface area contributed by atoms with Crippen molar-refractivity contribution in [1.29, 1.82) is 0 Å². The van der Waals surface area contributed by atoms with Crippen LogP contribution in [0.2, 0.25) is 0 Å². The Morgan fingerprint density at radius 3 is 2.53 bits per heavy atom. The van der Waals surface area contributed by atoms with Crippen molar-refractivity contribution < 1.29 is 4.79 Å². The van der Waals surface area contributed by atoms with Gasteiger partial charge >= 0.3 is 0 Å². The summed E-state index contributed by atoms with van der Waals surface area (Å²) in [5.41, 5.74) is 3.29. The number of carbonyl (C=O) groups excluding carboxylic acids is 1. The van der Waals surface area contributed by atoms with Crippen molar-refractivity contribution in [1.82, 2.24) is 0 Å². The zero-order valence-electron chi connectivity index (χ0n) is 12.2. The summed E-state index contributed by atoms with van der Waals surface area (Å²) in [7, 11) is 0. The quantitative estimate of drug-likeness (QED) is 0.901. The molecule has 1 N–H and O–H groups in total. The van der Waals surface area contributed by atoms with Gasteiger partial charge in [0.2, 0.25) is 5.91 Å². The number of nitrogens with one attached hydrogen (secondary N) is 1. The van der Waals surface area contributed by atoms with Crippen molar-refractivity contribution >= 4 is 17.3 Å². The van der Waals surface area contributed by atoms with Gasteiger partial charge in [-0.2, -0.15) is 0 Å². The van der Waals surface area contributed by atoms with Crippen LogP contribution in [0.5, 0.6) is 0 Å². The van der Waals surface area contributed by atoms with Crippen molar-refractivity contribution in [3.63, 3.8) is 0 Å². The lowest BCUT2D eigenvalue weighted by molar-refractivity contribution is -0.118. The van der Waals surface area contributed by atoms with Crippen LogP contribution in [0.4, 0.5) is 11.4 Å². The van der Waals surface area contributed by atoms with E-state index < -0.39 is 0 Å². The molecule has 1 amide bonds. The summed E-state index contributed by atoms with van der Waals surface area (Å²) in [6.07, 6.45) is 3.86. The highest BCUT2D eigenvalue weighted by molar-refractivity contribution is 5.93. The van der Waals surface area contributed by atoms with E-state index in [1.54, 1.807) is 0 Å². The highest BCUT2D eigenvalue weighted by atomic mass is 16.1. The first kappa shape index (κ1) is 13.9. The summed E-state index contributed by atoms with van der Waals surface area (Å²) < 4.78 is 0. The average Bonchev–Trinajstić information content (AvgIpc) is 2.42. The molecule has 0 aliphatic carbocycles. The summed E-state index contributed by atoms with van der Waals surface area (Å²) in [4.78, 5) is 14.2. The number of nitrogens with zero attached hydrogens (tertiary/aromatic N) is 1. The van der Waals surface area contributed by atoms with Crippen LogP contribution in [0.3, 0.4) is 0 Å². The lowest BCUT2D eigenvalue weighted by atomic mass is 10.1. The number of hydrogen-bond acceptors (Lipinski definition) is 2. The Bertz CT molecular complexity index is 448. The summed E-state index contributed by atoms with van der Waals surface area (Å²) >= 11 is 0. The number of benzene rings is 1. The van der Waals surface area contributed by atoms with Crippen LogP contribution in [-0.2, 0) is 4.79 Å². The minimum atomic E-state index is 0.0121. The molecule has 104 valence electrons. The van der Waals surface area contributed by atoms with Crippen molar-refractivity contribution in [2.75, 3.05) is 23.3 Å². The van der Waals surface area contributed by atoms with Gasteiger partial charge in [-0.25, -0.2) is 0 Å². The normalized spacial score (nSPS) is 15.7. The third-order valence-corrected chi connectivity index (χ3v) is 3.72. The molecule has 1 aliphatic heterocycles. The first-order valence-corrected chi connectivity index (χ1v) is 7.24. The lowest BCUT2D eigenvalue weighted by Gasteiger charge is -2.29. The molecule has 1 fully saturated rings. The molecular formula is C16H24N2O. The van der Waals surface area contributed by atoms with Gasteiger partial charge in [0.05, 0.1) is 0 Å². The van der Waals surface area contributed by atoms with E-state index >= 15 is 0 Å². The van der Waals surface area contributed by atoms with E-state index in [9.17, 15) is 4.79 Å². The van der Waals surface area contributed by atoms with Gasteiger partial charge in [0.15, 0.2) is 0 Å². The number of rotatable bonds is 3. The molecule has 0 unspecified atom stereocenters. The van der Waals surface area contributed by atoms with E-state index in [0.717, 1.165) is 24.3 Å². The molecule has 3 nitrogen and oxygen atoms in total. The largest absolute Gasteiger partial charge is 0.371 e. The van der Waals surface area contributed by atoms with Gasteiger partial charge in [-0.3, -0.25) is 4.79 Å². The zero-order valence-corrected chi connectivity index (χ0v) is 12.2. The Labute approximate surface area is 116 Å². The molecule has 0 bridgehead atoms. The fourth-order valence-corrected chi connectivity index (χ4v) is 2.37. The standard InChI is InChI=1S/C16H24N2O/c1-12(2)16(19)17-15-11-14(8-7-13(15)3)18-9-5-4-6-10-18/h7-8,11-12H,4-6,9-10H2,1-3H3,(H,17,19). The molecule has 1 aliphatic rings. The minimum Gasteiger partial charge on any atom is -0.371 e. The van der Waals surface area contributed by atoms with Crippen LogP contribution < -0.4 is 10.2 Å². The molecule has 0 spiro atoms. The van der Waals surface area contributed by atoms with E-state index in [2.05, 4.69) is 28.4 Å². The number of aryl methyl sites for hydroxylation is 1. The van der Waals surface area contributed by atoms with E-state index in [-0.39, 0.29) is 11.8 Å². The molecule has 0 saturated carbocycles. The van der Waals surface area contributed by atoms with Crippen LogP contribution in [0, 0.1) is 12.8 Å². The van der Waals surface area contributed by atoms with Crippen molar-refractivity contribution in [3.8, 4) is 0 Å². The number of anilines is 2. The monoisotopic (exact) mass is 260 g/mol.